The quantitative estimate of drug-likeness (QED) is 0.886. The van der Waals surface area contributed by atoms with E-state index >= 15 is 0 Å². The molecule has 2 aromatic rings. The number of alkyl halides is 2. The Hall–Kier alpha value is -1.80. The first-order valence-corrected chi connectivity index (χ1v) is 7.70. The zero-order valence-corrected chi connectivity index (χ0v) is 12.7. The first kappa shape index (κ1) is 15.1. The molecule has 0 aliphatic heterocycles. The topological polar surface area (TPSA) is 66.9 Å². The zero-order valence-electron chi connectivity index (χ0n) is 11.1. The Labute approximate surface area is 133 Å². The van der Waals surface area contributed by atoms with Crippen molar-refractivity contribution in [2.45, 2.75) is 25.3 Å². The molecule has 0 spiro atoms. The van der Waals surface area contributed by atoms with Gasteiger partial charge in [0.25, 0.3) is 6.43 Å². The van der Waals surface area contributed by atoms with Crippen LogP contribution in [0.1, 0.15) is 35.0 Å². The number of fused-ring (bicyclic) bond motifs is 1. The molecule has 0 bridgehead atoms. The molecule has 3 rings (SSSR count). The Balaban J connectivity index is 1.63. The van der Waals surface area contributed by atoms with Gasteiger partial charge >= 0.3 is 6.03 Å². The number of anilines is 1. The fourth-order valence-electron chi connectivity index (χ4n) is 2.40. The van der Waals surface area contributed by atoms with Crippen LogP contribution in [0.15, 0.2) is 18.2 Å². The molecule has 0 saturated carbocycles. The highest BCUT2D eigenvalue weighted by molar-refractivity contribution is 7.15. The number of benzene rings is 1. The van der Waals surface area contributed by atoms with Crippen molar-refractivity contribution in [2.24, 2.45) is 0 Å². The van der Waals surface area contributed by atoms with Crippen LogP contribution in [-0.2, 0) is 6.42 Å². The van der Waals surface area contributed by atoms with Crippen LogP contribution < -0.4 is 10.6 Å². The number of nitrogens with zero attached hydrogens (tertiary/aromatic N) is 2. The van der Waals surface area contributed by atoms with Gasteiger partial charge in [-0.15, -0.1) is 10.2 Å². The van der Waals surface area contributed by atoms with Crippen LogP contribution in [-0.4, -0.2) is 16.2 Å². The van der Waals surface area contributed by atoms with Crippen LogP contribution in [0.5, 0.6) is 0 Å². The molecule has 22 heavy (non-hydrogen) atoms. The van der Waals surface area contributed by atoms with Crippen molar-refractivity contribution in [3.05, 3.63) is 39.4 Å². The molecule has 1 atom stereocenters. The monoisotopic (exact) mass is 344 g/mol. The lowest BCUT2D eigenvalue weighted by molar-refractivity contribution is 0.150. The van der Waals surface area contributed by atoms with E-state index in [0.717, 1.165) is 24.0 Å². The number of aromatic nitrogens is 2. The van der Waals surface area contributed by atoms with Crippen LogP contribution in [0.4, 0.5) is 18.7 Å². The van der Waals surface area contributed by atoms with E-state index in [1.165, 1.54) is 0 Å². The average molecular weight is 345 g/mol. The lowest BCUT2D eigenvalue weighted by Gasteiger charge is -2.14. The van der Waals surface area contributed by atoms with Gasteiger partial charge in [0.2, 0.25) is 5.13 Å². The Kier molecular flexibility index (Phi) is 4.21. The maximum atomic E-state index is 12.4. The first-order valence-electron chi connectivity index (χ1n) is 6.50. The minimum Gasteiger partial charge on any atom is -0.331 e. The molecule has 9 heteroatoms. The summed E-state index contributed by atoms with van der Waals surface area (Å²) in [7, 11) is 0. The third-order valence-corrected chi connectivity index (χ3v) is 4.42. The van der Waals surface area contributed by atoms with Crippen LogP contribution in [0.2, 0.25) is 5.02 Å². The second kappa shape index (κ2) is 6.13. The van der Waals surface area contributed by atoms with Gasteiger partial charge in [-0.1, -0.05) is 29.0 Å². The summed E-state index contributed by atoms with van der Waals surface area (Å²) in [5, 5.41) is 12.3. The molecule has 1 heterocycles. The zero-order chi connectivity index (χ0) is 15.7. The van der Waals surface area contributed by atoms with E-state index in [1.807, 2.05) is 12.1 Å². The van der Waals surface area contributed by atoms with Gasteiger partial charge in [0, 0.05) is 5.02 Å². The standard InChI is InChI=1S/C13H11ClF2N4OS/c14-7-2-3-8-6(5-7)1-4-9(8)17-12(21)18-13-20-19-11(22-13)10(15)16/h2-3,5,9-10H,1,4H2,(H2,17,18,20,21)/t9-/m1/s1. The highest BCUT2D eigenvalue weighted by atomic mass is 35.5. The lowest BCUT2D eigenvalue weighted by Crippen LogP contribution is -2.31. The summed E-state index contributed by atoms with van der Waals surface area (Å²) >= 11 is 6.59. The smallest absolute Gasteiger partial charge is 0.321 e. The molecule has 0 saturated heterocycles. The number of aryl methyl sites for hydroxylation is 1. The van der Waals surface area contributed by atoms with Crippen molar-refractivity contribution in [1.29, 1.82) is 0 Å². The number of amides is 2. The normalized spacial score (nSPS) is 16.6. The van der Waals surface area contributed by atoms with E-state index in [9.17, 15) is 13.6 Å². The van der Waals surface area contributed by atoms with Crippen molar-refractivity contribution in [1.82, 2.24) is 15.5 Å². The van der Waals surface area contributed by atoms with Crippen LogP contribution in [0.25, 0.3) is 0 Å². The van der Waals surface area contributed by atoms with Gasteiger partial charge in [-0.2, -0.15) is 0 Å². The number of urea groups is 1. The van der Waals surface area contributed by atoms with Gasteiger partial charge in [0.15, 0.2) is 5.01 Å². The third-order valence-electron chi connectivity index (χ3n) is 3.34. The van der Waals surface area contributed by atoms with Crippen molar-refractivity contribution in [3.63, 3.8) is 0 Å². The molecule has 0 fully saturated rings. The molecule has 116 valence electrons. The minimum absolute atomic E-state index is 0.0436. The predicted octanol–water partition coefficient (Wildman–Crippen LogP) is 3.94. The fourth-order valence-corrected chi connectivity index (χ4v) is 3.19. The SMILES string of the molecule is O=C(Nc1nnc(C(F)F)s1)N[C@@H]1CCc2cc(Cl)ccc21. The van der Waals surface area contributed by atoms with Crippen LogP contribution >= 0.6 is 22.9 Å². The van der Waals surface area contributed by atoms with Crippen molar-refractivity contribution in [2.75, 3.05) is 5.32 Å². The molecular formula is C13H11ClF2N4OS. The number of carbonyl (C=O) groups is 1. The second-order valence-corrected chi connectivity index (χ2v) is 6.22. The summed E-state index contributed by atoms with van der Waals surface area (Å²) in [6, 6.07) is 4.92. The number of hydrogen-bond acceptors (Lipinski definition) is 4. The maximum Gasteiger partial charge on any atom is 0.321 e. The number of rotatable bonds is 3. The Morgan fingerprint density at radius 2 is 2.23 bits per heavy atom. The number of carbonyl (C=O) groups excluding carboxylic acids is 1. The molecule has 1 aliphatic rings. The predicted molar refractivity (Wildman–Crippen MR) is 79.5 cm³/mol. The molecule has 1 aromatic carbocycles. The van der Waals surface area contributed by atoms with Gasteiger partial charge in [0.05, 0.1) is 6.04 Å². The van der Waals surface area contributed by atoms with Crippen molar-refractivity contribution in [3.8, 4) is 0 Å². The summed E-state index contributed by atoms with van der Waals surface area (Å²) in [6.45, 7) is 0. The van der Waals surface area contributed by atoms with E-state index in [4.69, 9.17) is 11.6 Å². The van der Waals surface area contributed by atoms with E-state index in [0.29, 0.717) is 16.4 Å². The molecule has 1 aliphatic carbocycles. The van der Waals surface area contributed by atoms with Gasteiger partial charge in [-0.05, 0) is 36.1 Å². The molecular weight excluding hydrogens is 334 g/mol. The van der Waals surface area contributed by atoms with E-state index in [1.54, 1.807) is 6.07 Å². The Morgan fingerprint density at radius 1 is 1.41 bits per heavy atom. The summed E-state index contributed by atoms with van der Waals surface area (Å²) in [5.74, 6) is 0. The second-order valence-electron chi connectivity index (χ2n) is 4.78. The third kappa shape index (κ3) is 3.17. The fraction of sp³-hybridized carbons (Fsp3) is 0.308. The van der Waals surface area contributed by atoms with Gasteiger partial charge in [-0.3, -0.25) is 5.32 Å². The average Bonchev–Trinajstić information content (AvgIpc) is 3.06. The van der Waals surface area contributed by atoms with Gasteiger partial charge < -0.3 is 5.32 Å². The number of hydrogen-bond donors (Lipinski definition) is 2. The van der Waals surface area contributed by atoms with Gasteiger partial charge in [-0.25, -0.2) is 13.6 Å². The number of halogens is 3. The Morgan fingerprint density at radius 3 is 2.95 bits per heavy atom. The summed E-state index contributed by atoms with van der Waals surface area (Å²) < 4.78 is 24.8. The summed E-state index contributed by atoms with van der Waals surface area (Å²) in [4.78, 5) is 11.9. The van der Waals surface area contributed by atoms with Crippen molar-refractivity contribution >= 4 is 34.1 Å². The highest BCUT2D eigenvalue weighted by Gasteiger charge is 2.24. The maximum absolute atomic E-state index is 12.4. The molecule has 2 amide bonds. The Bertz CT molecular complexity index is 709. The van der Waals surface area contributed by atoms with Crippen LogP contribution in [0.3, 0.4) is 0 Å². The molecule has 1 aromatic heterocycles. The highest BCUT2D eigenvalue weighted by Crippen LogP contribution is 2.33. The van der Waals surface area contributed by atoms with E-state index in [-0.39, 0.29) is 11.2 Å². The van der Waals surface area contributed by atoms with E-state index < -0.39 is 17.5 Å². The largest absolute Gasteiger partial charge is 0.331 e. The molecule has 5 nitrogen and oxygen atoms in total. The minimum atomic E-state index is -2.69. The summed E-state index contributed by atoms with van der Waals surface area (Å²) in [5.41, 5.74) is 2.12. The molecule has 0 radical (unpaired) electrons. The van der Waals surface area contributed by atoms with Crippen molar-refractivity contribution < 1.29 is 13.6 Å². The molecule has 2 N–H and O–H groups in total. The summed E-state index contributed by atoms with van der Waals surface area (Å²) in [6.07, 6.45) is -1.10. The van der Waals surface area contributed by atoms with Crippen LogP contribution in [0, 0.1) is 0 Å². The molecule has 0 unspecified atom stereocenters. The van der Waals surface area contributed by atoms with E-state index in [2.05, 4.69) is 20.8 Å². The van der Waals surface area contributed by atoms with Gasteiger partial charge in [0.1, 0.15) is 0 Å². The number of nitrogens with one attached hydrogen (secondary N) is 2. The first-order chi connectivity index (χ1) is 10.5. The lowest BCUT2D eigenvalue weighted by atomic mass is 10.1.